The predicted octanol–water partition coefficient (Wildman–Crippen LogP) is 2.86. The number of nitrogens with zero attached hydrogens (tertiary/aromatic N) is 1. The molecule has 0 aliphatic carbocycles. The summed E-state index contributed by atoms with van der Waals surface area (Å²) in [6.07, 6.45) is 1.14. The summed E-state index contributed by atoms with van der Waals surface area (Å²) in [6.45, 7) is 7.69. The minimum atomic E-state index is -0.151. The van der Waals surface area contributed by atoms with Crippen LogP contribution in [0.1, 0.15) is 31.7 Å². The Hall–Kier alpha value is -0.930. The summed E-state index contributed by atoms with van der Waals surface area (Å²) in [4.78, 5) is 2.37. The molecule has 106 valence electrons. The lowest BCUT2D eigenvalue weighted by Gasteiger charge is -2.36. The molecule has 1 aliphatic heterocycles. The maximum atomic E-state index is 13.0. The molecule has 0 bridgehead atoms. The summed E-state index contributed by atoms with van der Waals surface area (Å²) >= 11 is 0. The first-order valence-corrected chi connectivity index (χ1v) is 7.22. The Labute approximate surface area is 116 Å². The van der Waals surface area contributed by atoms with Gasteiger partial charge < -0.3 is 10.2 Å². The molecular formula is C16H25FN2. The topological polar surface area (TPSA) is 15.3 Å². The van der Waals surface area contributed by atoms with Gasteiger partial charge in [-0.1, -0.05) is 26.0 Å². The van der Waals surface area contributed by atoms with Gasteiger partial charge in [0.2, 0.25) is 0 Å². The molecule has 1 aromatic rings. The van der Waals surface area contributed by atoms with Crippen molar-refractivity contribution in [3.05, 3.63) is 35.6 Å². The van der Waals surface area contributed by atoms with Crippen molar-refractivity contribution in [2.45, 2.75) is 32.2 Å². The van der Waals surface area contributed by atoms with Gasteiger partial charge in [0.05, 0.1) is 0 Å². The second-order valence-electron chi connectivity index (χ2n) is 6.20. The Morgan fingerprint density at radius 1 is 1.26 bits per heavy atom. The average molecular weight is 264 g/mol. The molecule has 1 heterocycles. The van der Waals surface area contributed by atoms with E-state index in [1.807, 2.05) is 12.1 Å². The fourth-order valence-corrected chi connectivity index (χ4v) is 2.85. The second-order valence-corrected chi connectivity index (χ2v) is 6.20. The Bertz CT molecular complexity index is 388. The van der Waals surface area contributed by atoms with E-state index in [9.17, 15) is 4.39 Å². The maximum absolute atomic E-state index is 13.0. The normalized spacial score (nSPS) is 24.9. The largest absolute Gasteiger partial charge is 0.312 e. The third-order valence-electron chi connectivity index (χ3n) is 3.79. The average Bonchev–Trinajstić information content (AvgIpc) is 2.36. The summed E-state index contributed by atoms with van der Waals surface area (Å²) in [7, 11) is 2.17. The molecule has 0 saturated carbocycles. The number of likely N-dealkylation sites (N-methyl/N-ethyl adjacent to an activating group) is 1. The molecule has 1 aromatic carbocycles. The number of benzene rings is 1. The van der Waals surface area contributed by atoms with Crippen molar-refractivity contribution >= 4 is 0 Å². The fraction of sp³-hybridized carbons (Fsp3) is 0.625. The van der Waals surface area contributed by atoms with Gasteiger partial charge >= 0.3 is 0 Å². The number of halogens is 1. The minimum absolute atomic E-state index is 0.151. The second kappa shape index (κ2) is 6.49. The van der Waals surface area contributed by atoms with Crippen LogP contribution in [0.25, 0.3) is 0 Å². The molecule has 0 aromatic heterocycles. The summed E-state index contributed by atoms with van der Waals surface area (Å²) < 4.78 is 13.0. The first-order valence-electron chi connectivity index (χ1n) is 7.22. The number of piperidine rings is 1. The van der Waals surface area contributed by atoms with Crippen molar-refractivity contribution in [2.75, 3.05) is 26.7 Å². The molecule has 0 amide bonds. The van der Waals surface area contributed by atoms with E-state index in [2.05, 4.69) is 31.1 Å². The van der Waals surface area contributed by atoms with E-state index < -0.39 is 0 Å². The van der Waals surface area contributed by atoms with Crippen LogP contribution < -0.4 is 5.32 Å². The minimum Gasteiger partial charge on any atom is -0.312 e. The van der Waals surface area contributed by atoms with Gasteiger partial charge in [-0.25, -0.2) is 4.39 Å². The highest BCUT2D eigenvalue weighted by molar-refractivity contribution is 5.22. The van der Waals surface area contributed by atoms with Crippen LogP contribution >= 0.6 is 0 Å². The van der Waals surface area contributed by atoms with Crippen molar-refractivity contribution in [3.63, 3.8) is 0 Å². The lowest BCUT2D eigenvalue weighted by atomic mass is 9.88. The van der Waals surface area contributed by atoms with Crippen molar-refractivity contribution in [3.8, 4) is 0 Å². The number of nitrogens with one attached hydrogen (secondary N) is 1. The van der Waals surface area contributed by atoms with Gasteiger partial charge in [0.1, 0.15) is 5.82 Å². The van der Waals surface area contributed by atoms with Gasteiger partial charge in [0, 0.05) is 19.1 Å². The third kappa shape index (κ3) is 4.29. The lowest BCUT2D eigenvalue weighted by molar-refractivity contribution is 0.202. The lowest BCUT2D eigenvalue weighted by Crippen LogP contribution is -2.47. The van der Waals surface area contributed by atoms with E-state index in [1.165, 1.54) is 5.56 Å². The van der Waals surface area contributed by atoms with Crippen LogP contribution in [0.5, 0.6) is 0 Å². The molecule has 1 saturated heterocycles. The standard InChI is InChI=1S/C16H25FN2/c1-12(2)9-18-16-8-14(10-19(3)11-16)13-4-6-15(17)7-5-13/h4-7,12,14,16,18H,8-11H2,1-3H3. The van der Waals surface area contributed by atoms with Crippen LogP contribution in [-0.4, -0.2) is 37.6 Å². The molecule has 2 rings (SSSR count). The van der Waals surface area contributed by atoms with Gasteiger partial charge in [-0.15, -0.1) is 0 Å². The van der Waals surface area contributed by atoms with Crippen molar-refractivity contribution in [1.29, 1.82) is 0 Å². The molecule has 1 aliphatic rings. The Morgan fingerprint density at radius 2 is 1.95 bits per heavy atom. The van der Waals surface area contributed by atoms with Gasteiger partial charge in [-0.05, 0) is 49.5 Å². The van der Waals surface area contributed by atoms with Crippen LogP contribution in [0.2, 0.25) is 0 Å². The van der Waals surface area contributed by atoms with Gasteiger partial charge in [-0.3, -0.25) is 0 Å². The summed E-state index contributed by atoms with van der Waals surface area (Å²) in [6, 6.07) is 7.54. The van der Waals surface area contributed by atoms with Crippen molar-refractivity contribution < 1.29 is 4.39 Å². The zero-order valence-corrected chi connectivity index (χ0v) is 12.2. The summed E-state index contributed by atoms with van der Waals surface area (Å²) in [5.74, 6) is 1.03. The molecule has 1 N–H and O–H groups in total. The van der Waals surface area contributed by atoms with Crippen LogP contribution in [0, 0.1) is 11.7 Å². The van der Waals surface area contributed by atoms with Gasteiger partial charge in [0.15, 0.2) is 0 Å². The molecule has 3 heteroatoms. The number of hydrogen-bond donors (Lipinski definition) is 1. The Balaban J connectivity index is 1.99. The fourth-order valence-electron chi connectivity index (χ4n) is 2.85. The molecule has 0 spiro atoms. The number of likely N-dealkylation sites (tertiary alicyclic amines) is 1. The summed E-state index contributed by atoms with van der Waals surface area (Å²) in [5.41, 5.74) is 1.25. The van der Waals surface area contributed by atoms with Gasteiger partial charge in [0.25, 0.3) is 0 Å². The molecular weight excluding hydrogens is 239 g/mol. The SMILES string of the molecule is CC(C)CNC1CC(c2ccc(F)cc2)CN(C)C1. The highest BCUT2D eigenvalue weighted by atomic mass is 19.1. The summed E-state index contributed by atoms with van der Waals surface area (Å²) in [5, 5.41) is 3.65. The Morgan fingerprint density at radius 3 is 2.58 bits per heavy atom. The van der Waals surface area contributed by atoms with Crippen molar-refractivity contribution in [1.82, 2.24) is 10.2 Å². The first kappa shape index (κ1) is 14.5. The number of rotatable bonds is 4. The Kier molecular flexibility index (Phi) is 4.94. The zero-order valence-electron chi connectivity index (χ0n) is 12.2. The predicted molar refractivity (Wildman–Crippen MR) is 77.9 cm³/mol. The molecule has 0 radical (unpaired) electrons. The first-order chi connectivity index (χ1) is 9.04. The van der Waals surface area contributed by atoms with E-state index in [0.717, 1.165) is 26.1 Å². The highest BCUT2D eigenvalue weighted by Crippen LogP contribution is 2.26. The molecule has 1 fully saturated rings. The monoisotopic (exact) mass is 264 g/mol. The van der Waals surface area contributed by atoms with E-state index in [0.29, 0.717) is 17.9 Å². The zero-order chi connectivity index (χ0) is 13.8. The van der Waals surface area contributed by atoms with Crippen LogP contribution in [-0.2, 0) is 0 Å². The van der Waals surface area contributed by atoms with Gasteiger partial charge in [-0.2, -0.15) is 0 Å². The van der Waals surface area contributed by atoms with Crippen LogP contribution in [0.3, 0.4) is 0 Å². The van der Waals surface area contributed by atoms with E-state index in [4.69, 9.17) is 0 Å². The van der Waals surface area contributed by atoms with Crippen LogP contribution in [0.15, 0.2) is 24.3 Å². The van der Waals surface area contributed by atoms with Crippen LogP contribution in [0.4, 0.5) is 4.39 Å². The molecule has 2 unspecified atom stereocenters. The quantitative estimate of drug-likeness (QED) is 0.899. The number of hydrogen-bond acceptors (Lipinski definition) is 2. The molecule has 2 atom stereocenters. The van der Waals surface area contributed by atoms with E-state index >= 15 is 0 Å². The maximum Gasteiger partial charge on any atom is 0.123 e. The smallest absolute Gasteiger partial charge is 0.123 e. The van der Waals surface area contributed by atoms with Crippen molar-refractivity contribution in [2.24, 2.45) is 5.92 Å². The molecule has 2 nitrogen and oxygen atoms in total. The van der Waals surface area contributed by atoms with E-state index in [1.54, 1.807) is 12.1 Å². The highest BCUT2D eigenvalue weighted by Gasteiger charge is 2.26. The third-order valence-corrected chi connectivity index (χ3v) is 3.79. The molecule has 19 heavy (non-hydrogen) atoms. The van der Waals surface area contributed by atoms with E-state index in [-0.39, 0.29) is 5.82 Å².